The first kappa shape index (κ1) is 11.2. The first-order valence-corrected chi connectivity index (χ1v) is 5.62. The Bertz CT molecular complexity index is 282. The lowest BCUT2D eigenvalue weighted by Crippen LogP contribution is -2.05. The molecule has 0 fully saturated rings. The molecule has 1 heteroatoms. The molecule has 1 aliphatic carbocycles. The van der Waals surface area contributed by atoms with Crippen LogP contribution in [0.15, 0.2) is 28.4 Å². The molecule has 0 N–H and O–H groups in total. The van der Waals surface area contributed by atoms with Gasteiger partial charge in [-0.1, -0.05) is 32.9 Å². The summed E-state index contributed by atoms with van der Waals surface area (Å²) in [6, 6.07) is 0. The van der Waals surface area contributed by atoms with Gasteiger partial charge in [-0.2, -0.15) is 0 Å². The van der Waals surface area contributed by atoms with E-state index in [9.17, 15) is 0 Å². The van der Waals surface area contributed by atoms with Crippen molar-refractivity contribution >= 4 is 5.71 Å². The first-order valence-electron chi connectivity index (χ1n) is 5.62. The Labute approximate surface area is 87.6 Å². The normalized spacial score (nSPS) is 23.1. The molecular weight excluding hydrogens is 170 g/mol. The summed E-state index contributed by atoms with van der Waals surface area (Å²) in [5.41, 5.74) is 3.97. The molecule has 0 heterocycles. The highest BCUT2D eigenvalue weighted by Crippen LogP contribution is 2.28. The zero-order valence-electron chi connectivity index (χ0n) is 9.80. The van der Waals surface area contributed by atoms with E-state index in [0.29, 0.717) is 5.92 Å². The summed E-state index contributed by atoms with van der Waals surface area (Å²) in [4.78, 5) is 4.73. The second-order valence-electron chi connectivity index (χ2n) is 4.00. The van der Waals surface area contributed by atoms with Crippen molar-refractivity contribution in [2.45, 2.75) is 47.0 Å². The number of nitrogens with zero attached hydrogens (tertiary/aromatic N) is 1. The summed E-state index contributed by atoms with van der Waals surface area (Å²) in [5, 5.41) is 0. The summed E-state index contributed by atoms with van der Waals surface area (Å²) in [5.74, 6) is 0.594. The molecule has 1 rings (SSSR count). The summed E-state index contributed by atoms with van der Waals surface area (Å²) in [6.45, 7) is 8.75. The van der Waals surface area contributed by atoms with Gasteiger partial charge in [0.2, 0.25) is 0 Å². The van der Waals surface area contributed by atoms with Crippen LogP contribution in [0.4, 0.5) is 0 Å². The van der Waals surface area contributed by atoms with E-state index in [1.54, 1.807) is 0 Å². The van der Waals surface area contributed by atoms with E-state index in [1.165, 1.54) is 17.0 Å². The van der Waals surface area contributed by atoms with Gasteiger partial charge in [0.25, 0.3) is 0 Å². The fraction of sp³-hybridized carbons (Fsp3) is 0.615. The van der Waals surface area contributed by atoms with Gasteiger partial charge in [0.1, 0.15) is 0 Å². The highest BCUT2D eigenvalue weighted by Gasteiger charge is 2.14. The first-order chi connectivity index (χ1) is 6.69. The van der Waals surface area contributed by atoms with Gasteiger partial charge in [-0.05, 0) is 31.8 Å². The van der Waals surface area contributed by atoms with Crippen LogP contribution >= 0.6 is 0 Å². The maximum atomic E-state index is 4.73. The Morgan fingerprint density at radius 3 is 2.79 bits per heavy atom. The molecule has 0 spiro atoms. The molecule has 1 atom stereocenters. The Hall–Kier alpha value is -0.850. The third kappa shape index (κ3) is 2.57. The van der Waals surface area contributed by atoms with Gasteiger partial charge in [0.15, 0.2) is 0 Å². The second-order valence-corrected chi connectivity index (χ2v) is 4.00. The van der Waals surface area contributed by atoms with Crippen molar-refractivity contribution in [1.82, 2.24) is 0 Å². The summed E-state index contributed by atoms with van der Waals surface area (Å²) >= 11 is 0. The fourth-order valence-corrected chi connectivity index (χ4v) is 1.69. The molecule has 0 bridgehead atoms. The van der Waals surface area contributed by atoms with E-state index >= 15 is 0 Å². The molecule has 0 radical (unpaired) electrons. The van der Waals surface area contributed by atoms with Gasteiger partial charge in [-0.3, -0.25) is 4.99 Å². The van der Waals surface area contributed by atoms with E-state index in [2.05, 4.69) is 39.8 Å². The van der Waals surface area contributed by atoms with Crippen molar-refractivity contribution in [3.05, 3.63) is 23.4 Å². The van der Waals surface area contributed by atoms with Gasteiger partial charge in [0, 0.05) is 17.3 Å². The standard InChI is InChI=1S/C13H21N/c1-5-11(4)14-13-10(3)8-7-9-12(13)6-2/h7,9-10H,5-6,8H2,1-4H3. The van der Waals surface area contributed by atoms with Gasteiger partial charge in [-0.25, -0.2) is 0 Å². The quantitative estimate of drug-likeness (QED) is 0.595. The van der Waals surface area contributed by atoms with Crippen LogP contribution in [-0.4, -0.2) is 5.71 Å². The Kier molecular flexibility index (Phi) is 4.12. The largest absolute Gasteiger partial charge is 0.262 e. The Balaban J connectivity index is 2.99. The molecule has 0 aromatic heterocycles. The molecule has 1 unspecified atom stereocenters. The molecule has 78 valence electrons. The predicted octanol–water partition coefficient (Wildman–Crippen LogP) is 4.12. The maximum Gasteiger partial charge on any atom is 0.0465 e. The van der Waals surface area contributed by atoms with Gasteiger partial charge >= 0.3 is 0 Å². The van der Waals surface area contributed by atoms with Crippen molar-refractivity contribution < 1.29 is 0 Å². The average molecular weight is 191 g/mol. The van der Waals surface area contributed by atoms with Crippen molar-refractivity contribution in [2.24, 2.45) is 10.9 Å². The molecule has 14 heavy (non-hydrogen) atoms. The van der Waals surface area contributed by atoms with Gasteiger partial charge in [0.05, 0.1) is 0 Å². The minimum Gasteiger partial charge on any atom is -0.262 e. The molecule has 0 saturated heterocycles. The van der Waals surface area contributed by atoms with Crippen molar-refractivity contribution in [2.75, 3.05) is 0 Å². The molecular formula is C13H21N. The number of hydrogen-bond donors (Lipinski definition) is 0. The highest BCUT2D eigenvalue weighted by atomic mass is 14.8. The molecule has 0 saturated carbocycles. The Morgan fingerprint density at radius 2 is 2.21 bits per heavy atom. The van der Waals surface area contributed by atoms with Crippen LogP contribution in [0.3, 0.4) is 0 Å². The lowest BCUT2D eigenvalue weighted by molar-refractivity contribution is 0.663. The topological polar surface area (TPSA) is 12.4 Å². The zero-order chi connectivity index (χ0) is 10.6. The number of aliphatic imine (C=N–C) groups is 1. The van der Waals surface area contributed by atoms with Crippen LogP contribution in [-0.2, 0) is 0 Å². The average Bonchev–Trinajstić information content (AvgIpc) is 2.20. The summed E-state index contributed by atoms with van der Waals surface area (Å²) in [7, 11) is 0. The van der Waals surface area contributed by atoms with E-state index in [0.717, 1.165) is 19.3 Å². The van der Waals surface area contributed by atoms with Crippen molar-refractivity contribution in [3.63, 3.8) is 0 Å². The Morgan fingerprint density at radius 1 is 1.50 bits per heavy atom. The van der Waals surface area contributed by atoms with Crippen LogP contribution in [0.25, 0.3) is 0 Å². The van der Waals surface area contributed by atoms with E-state index < -0.39 is 0 Å². The molecule has 0 amide bonds. The SMILES string of the molecule is CCC(C)=NC1=C(CC)C=CCC1C. The van der Waals surface area contributed by atoms with E-state index in [1.807, 2.05) is 0 Å². The monoisotopic (exact) mass is 191 g/mol. The fourth-order valence-electron chi connectivity index (χ4n) is 1.69. The molecule has 1 nitrogen and oxygen atoms in total. The molecule has 0 aliphatic heterocycles. The second kappa shape index (κ2) is 5.14. The van der Waals surface area contributed by atoms with E-state index in [-0.39, 0.29) is 0 Å². The number of hydrogen-bond acceptors (Lipinski definition) is 1. The van der Waals surface area contributed by atoms with E-state index in [4.69, 9.17) is 4.99 Å². The third-order valence-corrected chi connectivity index (χ3v) is 2.81. The lowest BCUT2D eigenvalue weighted by Gasteiger charge is -2.18. The molecule has 0 aromatic carbocycles. The van der Waals surface area contributed by atoms with Crippen LogP contribution in [0.1, 0.15) is 47.0 Å². The highest BCUT2D eigenvalue weighted by molar-refractivity contribution is 5.82. The molecule has 0 aromatic rings. The smallest absolute Gasteiger partial charge is 0.0465 e. The minimum atomic E-state index is 0.594. The van der Waals surface area contributed by atoms with Crippen LogP contribution in [0.2, 0.25) is 0 Å². The van der Waals surface area contributed by atoms with Gasteiger partial charge < -0.3 is 0 Å². The van der Waals surface area contributed by atoms with Crippen LogP contribution in [0, 0.1) is 5.92 Å². The van der Waals surface area contributed by atoms with Gasteiger partial charge in [-0.15, -0.1) is 0 Å². The maximum absolute atomic E-state index is 4.73. The van der Waals surface area contributed by atoms with Crippen molar-refractivity contribution in [3.8, 4) is 0 Å². The minimum absolute atomic E-state index is 0.594. The zero-order valence-corrected chi connectivity index (χ0v) is 9.80. The third-order valence-electron chi connectivity index (χ3n) is 2.81. The molecule has 1 aliphatic rings. The summed E-state index contributed by atoms with van der Waals surface area (Å²) < 4.78 is 0. The van der Waals surface area contributed by atoms with Crippen LogP contribution in [0.5, 0.6) is 0 Å². The number of allylic oxidation sites excluding steroid dienone is 4. The predicted molar refractivity (Wildman–Crippen MR) is 63.6 cm³/mol. The number of rotatable bonds is 3. The lowest BCUT2D eigenvalue weighted by atomic mass is 9.92. The van der Waals surface area contributed by atoms with Crippen LogP contribution < -0.4 is 0 Å². The van der Waals surface area contributed by atoms with Crippen molar-refractivity contribution in [1.29, 1.82) is 0 Å². The summed E-state index contributed by atoms with van der Waals surface area (Å²) in [6.07, 6.45) is 7.79.